The van der Waals surface area contributed by atoms with E-state index >= 15 is 0 Å². The Bertz CT molecular complexity index is 827. The molecule has 28 heavy (non-hydrogen) atoms. The Balaban J connectivity index is 1.58. The Labute approximate surface area is 171 Å². The molecule has 0 aromatic heterocycles. The number of carboxylic acid groups (broad SMARTS) is 1. The standard InChI is InChI=1S/C21H22BrNO5/c22-17-5-1-15(2-6-17)20(26)23-12-10-21(27,11-13-23)16-3-7-18(8-4-16)28-14-9-19(24)25/h1-8,27H,9-14H2,(H,24,25). The maximum Gasteiger partial charge on any atom is 0.306 e. The summed E-state index contributed by atoms with van der Waals surface area (Å²) in [5.41, 5.74) is 0.418. The first-order chi connectivity index (χ1) is 13.4. The number of nitrogens with zero attached hydrogens (tertiary/aromatic N) is 1. The smallest absolute Gasteiger partial charge is 0.306 e. The predicted molar refractivity (Wildman–Crippen MR) is 107 cm³/mol. The molecule has 0 bridgehead atoms. The lowest BCUT2D eigenvalue weighted by molar-refractivity contribution is -0.137. The van der Waals surface area contributed by atoms with Crippen molar-refractivity contribution in [2.45, 2.75) is 24.9 Å². The molecular formula is C21H22BrNO5. The van der Waals surface area contributed by atoms with Crippen LogP contribution in [0.3, 0.4) is 0 Å². The summed E-state index contributed by atoms with van der Waals surface area (Å²) < 4.78 is 6.30. The molecule has 2 aromatic rings. The van der Waals surface area contributed by atoms with E-state index in [0.717, 1.165) is 10.0 Å². The minimum Gasteiger partial charge on any atom is -0.493 e. The molecule has 1 fully saturated rings. The molecule has 1 amide bonds. The van der Waals surface area contributed by atoms with Crippen LogP contribution in [0.25, 0.3) is 0 Å². The van der Waals surface area contributed by atoms with E-state index in [4.69, 9.17) is 9.84 Å². The first-order valence-electron chi connectivity index (χ1n) is 9.10. The summed E-state index contributed by atoms with van der Waals surface area (Å²) in [5, 5.41) is 19.7. The van der Waals surface area contributed by atoms with Crippen LogP contribution in [0.2, 0.25) is 0 Å². The number of carbonyl (C=O) groups excluding carboxylic acids is 1. The van der Waals surface area contributed by atoms with Gasteiger partial charge < -0.3 is 19.8 Å². The fraction of sp³-hybridized carbons (Fsp3) is 0.333. The molecule has 1 saturated heterocycles. The largest absolute Gasteiger partial charge is 0.493 e. The van der Waals surface area contributed by atoms with Crippen molar-refractivity contribution in [3.63, 3.8) is 0 Å². The van der Waals surface area contributed by atoms with Gasteiger partial charge in [0.05, 0.1) is 18.6 Å². The molecule has 7 heteroatoms. The Kier molecular flexibility index (Phi) is 6.36. The molecule has 0 radical (unpaired) electrons. The third-order valence-corrected chi connectivity index (χ3v) is 5.47. The highest BCUT2D eigenvalue weighted by Crippen LogP contribution is 2.34. The van der Waals surface area contributed by atoms with Gasteiger partial charge in [-0.15, -0.1) is 0 Å². The van der Waals surface area contributed by atoms with Crippen LogP contribution in [-0.2, 0) is 10.4 Å². The van der Waals surface area contributed by atoms with E-state index in [0.29, 0.717) is 37.2 Å². The SMILES string of the molecule is O=C(O)CCOc1ccc(C2(O)CCN(C(=O)c3ccc(Br)cc3)CC2)cc1. The molecule has 1 heterocycles. The van der Waals surface area contributed by atoms with Crippen LogP contribution >= 0.6 is 15.9 Å². The van der Waals surface area contributed by atoms with Crippen LogP contribution in [0, 0.1) is 0 Å². The first kappa shape index (κ1) is 20.4. The topological polar surface area (TPSA) is 87.1 Å². The first-order valence-corrected chi connectivity index (χ1v) is 9.89. The summed E-state index contributed by atoms with van der Waals surface area (Å²) >= 11 is 3.36. The maximum atomic E-state index is 12.6. The number of likely N-dealkylation sites (tertiary alicyclic amines) is 1. The van der Waals surface area contributed by atoms with Crippen molar-refractivity contribution in [2.75, 3.05) is 19.7 Å². The van der Waals surface area contributed by atoms with E-state index in [1.54, 1.807) is 41.3 Å². The lowest BCUT2D eigenvalue weighted by Gasteiger charge is -2.38. The van der Waals surface area contributed by atoms with Crippen LogP contribution < -0.4 is 4.74 Å². The van der Waals surface area contributed by atoms with Crippen LogP contribution in [0.4, 0.5) is 0 Å². The van der Waals surface area contributed by atoms with Crippen molar-refractivity contribution in [1.29, 1.82) is 0 Å². The van der Waals surface area contributed by atoms with Gasteiger partial charge in [-0.2, -0.15) is 0 Å². The maximum absolute atomic E-state index is 12.6. The molecule has 0 unspecified atom stereocenters. The zero-order valence-electron chi connectivity index (χ0n) is 15.3. The highest BCUT2D eigenvalue weighted by atomic mass is 79.9. The Hall–Kier alpha value is -2.38. The number of carbonyl (C=O) groups is 2. The lowest BCUT2D eigenvalue weighted by Crippen LogP contribution is -2.45. The van der Waals surface area contributed by atoms with Gasteiger partial charge in [0.2, 0.25) is 0 Å². The van der Waals surface area contributed by atoms with Crippen LogP contribution in [0.1, 0.15) is 35.2 Å². The van der Waals surface area contributed by atoms with E-state index in [1.165, 1.54) is 0 Å². The molecule has 148 valence electrons. The third-order valence-electron chi connectivity index (χ3n) is 4.95. The highest BCUT2D eigenvalue weighted by molar-refractivity contribution is 9.10. The van der Waals surface area contributed by atoms with Gasteiger partial charge in [0.1, 0.15) is 5.75 Å². The molecule has 1 aliphatic rings. The van der Waals surface area contributed by atoms with Crippen LogP contribution in [-0.4, -0.2) is 46.7 Å². The molecule has 6 nitrogen and oxygen atoms in total. The number of amides is 1. The molecule has 0 spiro atoms. The van der Waals surface area contributed by atoms with E-state index in [2.05, 4.69) is 15.9 Å². The number of rotatable bonds is 6. The van der Waals surface area contributed by atoms with Gasteiger partial charge in [-0.25, -0.2) is 0 Å². The number of halogens is 1. The summed E-state index contributed by atoms with van der Waals surface area (Å²) in [6.45, 7) is 1.05. The summed E-state index contributed by atoms with van der Waals surface area (Å²) in [7, 11) is 0. The fourth-order valence-corrected chi connectivity index (χ4v) is 3.53. The molecule has 2 aromatic carbocycles. The normalized spacial score (nSPS) is 15.9. The zero-order chi connectivity index (χ0) is 20.1. The van der Waals surface area contributed by atoms with Gasteiger partial charge in [0.25, 0.3) is 5.91 Å². The third kappa shape index (κ3) is 4.91. The van der Waals surface area contributed by atoms with Crippen molar-refractivity contribution in [2.24, 2.45) is 0 Å². The number of ether oxygens (including phenoxy) is 1. The van der Waals surface area contributed by atoms with E-state index in [1.807, 2.05) is 12.1 Å². The van der Waals surface area contributed by atoms with E-state index in [-0.39, 0.29) is 18.9 Å². The van der Waals surface area contributed by atoms with E-state index in [9.17, 15) is 14.7 Å². The Morgan fingerprint density at radius 2 is 1.64 bits per heavy atom. The zero-order valence-corrected chi connectivity index (χ0v) is 16.9. The molecular weight excluding hydrogens is 426 g/mol. The van der Waals surface area contributed by atoms with Crippen molar-refractivity contribution in [3.8, 4) is 5.75 Å². The van der Waals surface area contributed by atoms with Crippen molar-refractivity contribution >= 4 is 27.8 Å². The van der Waals surface area contributed by atoms with Crippen LogP contribution in [0.15, 0.2) is 53.0 Å². The Morgan fingerprint density at radius 3 is 2.21 bits per heavy atom. The van der Waals surface area contributed by atoms with Gasteiger partial charge in [-0.05, 0) is 54.8 Å². The van der Waals surface area contributed by atoms with Gasteiger partial charge >= 0.3 is 5.97 Å². The second-order valence-electron chi connectivity index (χ2n) is 6.85. The molecule has 0 aliphatic carbocycles. The predicted octanol–water partition coefficient (Wildman–Crippen LogP) is 3.43. The van der Waals surface area contributed by atoms with Crippen LogP contribution in [0.5, 0.6) is 5.75 Å². The minimum atomic E-state index is -0.990. The number of hydrogen-bond acceptors (Lipinski definition) is 4. The summed E-state index contributed by atoms with van der Waals surface area (Å²) in [5.74, 6) is -0.372. The summed E-state index contributed by atoms with van der Waals surface area (Å²) in [6.07, 6.45) is 0.844. The van der Waals surface area contributed by atoms with Gasteiger partial charge in [-0.1, -0.05) is 28.1 Å². The minimum absolute atomic E-state index is 0.0308. The number of aliphatic hydroxyl groups is 1. The number of carboxylic acids is 1. The fourth-order valence-electron chi connectivity index (χ4n) is 3.26. The second kappa shape index (κ2) is 8.75. The lowest BCUT2D eigenvalue weighted by atomic mass is 9.84. The summed E-state index contributed by atoms with van der Waals surface area (Å²) in [4.78, 5) is 24.9. The van der Waals surface area contributed by atoms with Gasteiger partial charge in [-0.3, -0.25) is 9.59 Å². The van der Waals surface area contributed by atoms with Gasteiger partial charge in [0.15, 0.2) is 0 Å². The molecule has 0 saturated carbocycles. The van der Waals surface area contributed by atoms with Crippen molar-refractivity contribution in [1.82, 2.24) is 4.90 Å². The highest BCUT2D eigenvalue weighted by Gasteiger charge is 2.35. The Morgan fingerprint density at radius 1 is 1.04 bits per heavy atom. The summed E-state index contributed by atoms with van der Waals surface area (Å²) in [6, 6.07) is 14.3. The number of hydrogen-bond donors (Lipinski definition) is 2. The molecule has 2 N–H and O–H groups in total. The average molecular weight is 448 g/mol. The van der Waals surface area contributed by atoms with Crippen molar-refractivity contribution < 1.29 is 24.5 Å². The van der Waals surface area contributed by atoms with Gasteiger partial charge in [0, 0.05) is 23.1 Å². The average Bonchev–Trinajstić information content (AvgIpc) is 2.69. The second-order valence-corrected chi connectivity index (χ2v) is 7.76. The number of piperidine rings is 1. The number of benzene rings is 2. The van der Waals surface area contributed by atoms with E-state index < -0.39 is 11.6 Å². The quantitative estimate of drug-likeness (QED) is 0.707. The molecule has 0 atom stereocenters. The number of aliphatic carboxylic acids is 1. The molecule has 3 rings (SSSR count). The van der Waals surface area contributed by atoms with Crippen molar-refractivity contribution in [3.05, 3.63) is 64.1 Å². The monoisotopic (exact) mass is 447 g/mol. The molecule has 1 aliphatic heterocycles.